The highest BCUT2D eigenvalue weighted by Gasteiger charge is 2.23. The molecule has 0 radical (unpaired) electrons. The molecule has 0 saturated carbocycles. The number of hydrogen-bond donors (Lipinski definition) is 1. The summed E-state index contributed by atoms with van der Waals surface area (Å²) >= 11 is 0. The zero-order chi connectivity index (χ0) is 13.1. The molecule has 18 heavy (non-hydrogen) atoms. The molecule has 1 N–H and O–H groups in total. The topological polar surface area (TPSA) is 64.4 Å². The van der Waals surface area contributed by atoms with Crippen molar-refractivity contribution in [3.63, 3.8) is 0 Å². The Balaban J connectivity index is 2.18. The van der Waals surface area contributed by atoms with Gasteiger partial charge in [-0.1, -0.05) is 12.1 Å². The molecule has 1 aromatic rings. The molecular weight excluding hydrogens is 232 g/mol. The molecule has 1 heterocycles. The average Bonchev–Trinajstić information content (AvgIpc) is 2.28. The number of nitro benzene ring substituents is 1. The van der Waals surface area contributed by atoms with Crippen LogP contribution in [-0.4, -0.2) is 23.7 Å². The van der Waals surface area contributed by atoms with Gasteiger partial charge in [0.2, 0.25) is 0 Å². The van der Waals surface area contributed by atoms with Gasteiger partial charge in [-0.2, -0.15) is 0 Å². The molecule has 5 heteroatoms. The van der Waals surface area contributed by atoms with E-state index in [1.54, 1.807) is 19.1 Å². The van der Waals surface area contributed by atoms with E-state index in [-0.39, 0.29) is 22.8 Å². The number of para-hydroxylation sites is 1. The lowest BCUT2D eigenvalue weighted by atomic mass is 10.0. The van der Waals surface area contributed by atoms with E-state index in [9.17, 15) is 10.1 Å². The molecule has 0 bridgehead atoms. The van der Waals surface area contributed by atoms with Crippen LogP contribution in [0.5, 0.6) is 0 Å². The van der Waals surface area contributed by atoms with E-state index < -0.39 is 0 Å². The number of anilines is 1. The summed E-state index contributed by atoms with van der Waals surface area (Å²) in [5.41, 5.74) is 1.47. The first-order valence-corrected chi connectivity index (χ1v) is 6.20. The second-order valence-electron chi connectivity index (χ2n) is 4.78. The lowest BCUT2D eigenvalue weighted by Crippen LogP contribution is -2.32. The number of rotatable bonds is 3. The Labute approximate surface area is 106 Å². The number of nitrogens with zero attached hydrogens (tertiary/aromatic N) is 1. The van der Waals surface area contributed by atoms with Crippen LogP contribution in [0.1, 0.15) is 25.3 Å². The molecule has 0 aliphatic carbocycles. The van der Waals surface area contributed by atoms with Gasteiger partial charge in [-0.15, -0.1) is 0 Å². The van der Waals surface area contributed by atoms with Crippen molar-refractivity contribution in [3.8, 4) is 0 Å². The third-order valence-corrected chi connectivity index (χ3v) is 3.27. The van der Waals surface area contributed by atoms with Crippen molar-refractivity contribution in [1.29, 1.82) is 0 Å². The highest BCUT2D eigenvalue weighted by molar-refractivity contribution is 5.65. The van der Waals surface area contributed by atoms with Crippen molar-refractivity contribution in [2.75, 3.05) is 11.9 Å². The molecule has 1 aromatic carbocycles. The maximum atomic E-state index is 11.1. The summed E-state index contributed by atoms with van der Waals surface area (Å²) in [5.74, 6) is 0. The predicted molar refractivity (Wildman–Crippen MR) is 69.9 cm³/mol. The minimum atomic E-state index is -0.319. The third kappa shape index (κ3) is 2.79. The lowest BCUT2D eigenvalue weighted by Gasteiger charge is -2.28. The SMILES string of the molecule is Cc1cccc(NC2CCOC(C)C2)c1[N+](=O)[O-]. The summed E-state index contributed by atoms with van der Waals surface area (Å²) < 4.78 is 5.47. The Bertz CT molecular complexity index is 448. The molecule has 1 aliphatic rings. The number of hydrogen-bond acceptors (Lipinski definition) is 4. The summed E-state index contributed by atoms with van der Waals surface area (Å²) in [4.78, 5) is 10.8. The normalized spacial score (nSPS) is 23.7. The fraction of sp³-hybridized carbons (Fsp3) is 0.538. The van der Waals surface area contributed by atoms with Crippen LogP contribution < -0.4 is 5.32 Å². The summed E-state index contributed by atoms with van der Waals surface area (Å²) in [5, 5.41) is 14.4. The number of aryl methyl sites for hydroxylation is 1. The molecule has 1 fully saturated rings. The van der Waals surface area contributed by atoms with Gasteiger partial charge in [0.1, 0.15) is 5.69 Å². The van der Waals surface area contributed by atoms with Gasteiger partial charge in [0.15, 0.2) is 0 Å². The molecule has 1 saturated heterocycles. The molecule has 5 nitrogen and oxygen atoms in total. The maximum absolute atomic E-state index is 11.1. The van der Waals surface area contributed by atoms with Crippen LogP contribution in [0.2, 0.25) is 0 Å². The van der Waals surface area contributed by atoms with Crippen molar-refractivity contribution < 1.29 is 9.66 Å². The van der Waals surface area contributed by atoms with Crippen LogP contribution >= 0.6 is 0 Å². The molecule has 0 spiro atoms. The van der Waals surface area contributed by atoms with Gasteiger partial charge in [0, 0.05) is 18.2 Å². The number of benzene rings is 1. The van der Waals surface area contributed by atoms with Crippen molar-refractivity contribution in [3.05, 3.63) is 33.9 Å². The molecule has 0 aromatic heterocycles. The first-order chi connectivity index (χ1) is 8.58. The quantitative estimate of drug-likeness (QED) is 0.661. The second-order valence-corrected chi connectivity index (χ2v) is 4.78. The summed E-state index contributed by atoms with van der Waals surface area (Å²) in [6.07, 6.45) is 1.97. The van der Waals surface area contributed by atoms with E-state index >= 15 is 0 Å². The zero-order valence-electron chi connectivity index (χ0n) is 10.7. The van der Waals surface area contributed by atoms with Gasteiger partial charge in [-0.3, -0.25) is 10.1 Å². The van der Waals surface area contributed by atoms with Crippen molar-refractivity contribution in [2.45, 2.75) is 38.8 Å². The van der Waals surface area contributed by atoms with Crippen LogP contribution in [0, 0.1) is 17.0 Å². The Morgan fingerprint density at radius 3 is 2.94 bits per heavy atom. The highest BCUT2D eigenvalue weighted by atomic mass is 16.6. The fourth-order valence-corrected chi connectivity index (χ4v) is 2.37. The average molecular weight is 250 g/mol. The predicted octanol–water partition coefficient (Wildman–Crippen LogP) is 2.88. The summed E-state index contributed by atoms with van der Waals surface area (Å²) in [6, 6.07) is 5.61. The fourth-order valence-electron chi connectivity index (χ4n) is 2.37. The molecule has 98 valence electrons. The van der Waals surface area contributed by atoms with Crippen molar-refractivity contribution in [2.24, 2.45) is 0 Å². The van der Waals surface area contributed by atoms with Crippen molar-refractivity contribution >= 4 is 11.4 Å². The Kier molecular flexibility index (Phi) is 3.81. The van der Waals surface area contributed by atoms with Gasteiger partial charge in [0.05, 0.1) is 11.0 Å². The van der Waals surface area contributed by atoms with Gasteiger partial charge >= 0.3 is 0 Å². The molecule has 2 unspecified atom stereocenters. The standard InChI is InChI=1S/C13H18N2O3/c1-9-4-3-5-12(13(9)15(16)17)14-11-6-7-18-10(2)8-11/h3-5,10-11,14H,6-8H2,1-2H3. The van der Waals surface area contributed by atoms with Crippen LogP contribution in [0.3, 0.4) is 0 Å². The molecule has 1 aliphatic heterocycles. The Morgan fingerprint density at radius 1 is 1.50 bits per heavy atom. The lowest BCUT2D eigenvalue weighted by molar-refractivity contribution is -0.384. The molecular formula is C13H18N2O3. The van der Waals surface area contributed by atoms with Gasteiger partial charge in [0.25, 0.3) is 5.69 Å². The summed E-state index contributed by atoms with van der Waals surface area (Å²) in [7, 11) is 0. The van der Waals surface area contributed by atoms with E-state index in [1.807, 2.05) is 13.0 Å². The van der Waals surface area contributed by atoms with Crippen molar-refractivity contribution in [1.82, 2.24) is 0 Å². The van der Waals surface area contributed by atoms with E-state index in [1.165, 1.54) is 0 Å². The third-order valence-electron chi connectivity index (χ3n) is 3.27. The van der Waals surface area contributed by atoms with Gasteiger partial charge in [-0.25, -0.2) is 0 Å². The number of nitro groups is 1. The number of nitrogens with one attached hydrogen (secondary N) is 1. The number of ether oxygens (including phenoxy) is 1. The van der Waals surface area contributed by atoms with E-state index in [0.717, 1.165) is 12.8 Å². The zero-order valence-corrected chi connectivity index (χ0v) is 10.7. The van der Waals surface area contributed by atoms with Crippen LogP contribution in [0.15, 0.2) is 18.2 Å². The maximum Gasteiger partial charge on any atom is 0.295 e. The second kappa shape index (κ2) is 5.35. The molecule has 2 rings (SSSR count). The molecule has 2 atom stereocenters. The van der Waals surface area contributed by atoms with E-state index in [0.29, 0.717) is 17.9 Å². The smallest absolute Gasteiger partial charge is 0.295 e. The van der Waals surface area contributed by atoms with Gasteiger partial charge in [-0.05, 0) is 32.8 Å². The first kappa shape index (κ1) is 12.8. The monoisotopic (exact) mass is 250 g/mol. The van der Waals surface area contributed by atoms with E-state index in [2.05, 4.69) is 5.32 Å². The largest absolute Gasteiger partial charge is 0.378 e. The molecule has 0 amide bonds. The minimum Gasteiger partial charge on any atom is -0.378 e. The summed E-state index contributed by atoms with van der Waals surface area (Å²) in [6.45, 7) is 4.49. The Morgan fingerprint density at radius 2 is 2.28 bits per heavy atom. The minimum absolute atomic E-state index is 0.177. The first-order valence-electron chi connectivity index (χ1n) is 6.20. The van der Waals surface area contributed by atoms with Crippen LogP contribution in [-0.2, 0) is 4.74 Å². The van der Waals surface area contributed by atoms with Crippen LogP contribution in [0.4, 0.5) is 11.4 Å². The van der Waals surface area contributed by atoms with Gasteiger partial charge < -0.3 is 10.1 Å². The Hall–Kier alpha value is -1.62. The highest BCUT2D eigenvalue weighted by Crippen LogP contribution is 2.30. The van der Waals surface area contributed by atoms with E-state index in [4.69, 9.17) is 4.74 Å². The van der Waals surface area contributed by atoms with Crippen LogP contribution in [0.25, 0.3) is 0 Å².